The lowest BCUT2D eigenvalue weighted by molar-refractivity contribution is -0.121. The van der Waals surface area contributed by atoms with Gasteiger partial charge in [-0.3, -0.25) is 14.5 Å². The number of halogens is 1. The molecule has 0 spiro atoms. The summed E-state index contributed by atoms with van der Waals surface area (Å²) >= 11 is 6.45. The Morgan fingerprint density at radius 1 is 1.24 bits per heavy atom. The van der Waals surface area contributed by atoms with Crippen molar-refractivity contribution in [2.24, 2.45) is 7.05 Å². The number of aromatic nitrogens is 4. The van der Waals surface area contributed by atoms with Gasteiger partial charge in [0.2, 0.25) is 5.91 Å². The van der Waals surface area contributed by atoms with E-state index in [1.807, 2.05) is 49.8 Å². The molecule has 4 aromatic rings. The van der Waals surface area contributed by atoms with Crippen LogP contribution >= 0.6 is 11.6 Å². The Hall–Kier alpha value is -3.45. The molecular weight excluding hydrogens is 438 g/mol. The van der Waals surface area contributed by atoms with Crippen molar-refractivity contribution >= 4 is 28.4 Å². The number of para-hydroxylation sites is 1. The third kappa shape index (κ3) is 4.98. The number of nitrogens with zero attached hydrogens (tertiary/aromatic N) is 4. The number of carbonyl (C=O) groups excluding carboxylic acids is 1. The van der Waals surface area contributed by atoms with E-state index < -0.39 is 0 Å². The molecular formula is C25H26ClN5O2. The fourth-order valence-electron chi connectivity index (χ4n) is 3.79. The molecule has 0 unspecified atom stereocenters. The monoisotopic (exact) mass is 463 g/mol. The Bertz CT molecular complexity index is 1300. The second kappa shape index (κ2) is 10.0. The number of aryl methyl sites for hydroxylation is 2. The molecule has 1 aromatic carbocycles. The molecule has 4 rings (SSSR count). The number of pyridine rings is 2. The number of amides is 1. The van der Waals surface area contributed by atoms with E-state index in [1.54, 1.807) is 18.6 Å². The summed E-state index contributed by atoms with van der Waals surface area (Å²) in [4.78, 5) is 20.8. The second-order valence-electron chi connectivity index (χ2n) is 7.88. The average Bonchev–Trinajstić information content (AvgIpc) is 3.22. The van der Waals surface area contributed by atoms with Crippen molar-refractivity contribution in [1.29, 1.82) is 0 Å². The van der Waals surface area contributed by atoms with Crippen molar-refractivity contribution in [1.82, 2.24) is 25.1 Å². The fraction of sp³-hybridized carbons (Fsp3) is 0.280. The van der Waals surface area contributed by atoms with Crippen molar-refractivity contribution in [3.05, 3.63) is 70.8 Å². The molecule has 0 atom stereocenters. The average molecular weight is 464 g/mol. The maximum atomic E-state index is 11.9. The Morgan fingerprint density at radius 2 is 2.09 bits per heavy atom. The molecule has 0 saturated heterocycles. The minimum absolute atomic E-state index is 0.000710. The molecule has 0 saturated carbocycles. The van der Waals surface area contributed by atoms with Crippen LogP contribution in [0.4, 0.5) is 0 Å². The van der Waals surface area contributed by atoms with Crippen LogP contribution in [0.3, 0.4) is 0 Å². The van der Waals surface area contributed by atoms with E-state index in [4.69, 9.17) is 21.3 Å². The van der Waals surface area contributed by atoms with Crippen LogP contribution in [0.25, 0.3) is 22.2 Å². The first-order valence-electron chi connectivity index (χ1n) is 10.9. The Morgan fingerprint density at radius 3 is 2.85 bits per heavy atom. The largest absolute Gasteiger partial charge is 0.487 e. The van der Waals surface area contributed by atoms with Crippen molar-refractivity contribution < 1.29 is 9.53 Å². The van der Waals surface area contributed by atoms with E-state index in [-0.39, 0.29) is 12.5 Å². The summed E-state index contributed by atoms with van der Waals surface area (Å²) in [7, 11) is 1.92. The number of fused-ring (bicyclic) bond motifs is 1. The van der Waals surface area contributed by atoms with E-state index in [9.17, 15) is 4.79 Å². The summed E-state index contributed by atoms with van der Waals surface area (Å²) in [5.41, 5.74) is 5.33. The van der Waals surface area contributed by atoms with Crippen molar-refractivity contribution in [3.8, 4) is 17.0 Å². The summed E-state index contributed by atoms with van der Waals surface area (Å²) in [5.74, 6) is 0.661. The van der Waals surface area contributed by atoms with Gasteiger partial charge in [-0.1, -0.05) is 30.7 Å². The zero-order valence-corrected chi connectivity index (χ0v) is 19.7. The normalized spacial score (nSPS) is 11.0. The molecule has 1 N–H and O–H groups in total. The van der Waals surface area contributed by atoms with Crippen LogP contribution in [0, 0.1) is 6.92 Å². The number of benzene rings is 1. The highest BCUT2D eigenvalue weighted by Crippen LogP contribution is 2.33. The minimum Gasteiger partial charge on any atom is -0.487 e. The van der Waals surface area contributed by atoms with E-state index in [2.05, 4.69) is 21.5 Å². The van der Waals surface area contributed by atoms with Gasteiger partial charge in [-0.25, -0.2) is 4.98 Å². The second-order valence-corrected chi connectivity index (χ2v) is 8.29. The summed E-state index contributed by atoms with van der Waals surface area (Å²) in [6, 6.07) is 9.93. The molecule has 8 heteroatoms. The highest BCUT2D eigenvalue weighted by molar-refractivity contribution is 6.31. The maximum Gasteiger partial charge on any atom is 0.220 e. The van der Waals surface area contributed by atoms with Crippen LogP contribution in [-0.4, -0.2) is 25.7 Å². The number of rotatable bonds is 8. The molecule has 0 bridgehead atoms. The minimum atomic E-state index is 0.000710. The van der Waals surface area contributed by atoms with Gasteiger partial charge in [0.1, 0.15) is 17.9 Å². The van der Waals surface area contributed by atoms with Crippen molar-refractivity contribution in [2.45, 2.75) is 39.8 Å². The first-order chi connectivity index (χ1) is 16.0. The topological polar surface area (TPSA) is 81.9 Å². The number of hydrogen-bond donors (Lipinski definition) is 1. The van der Waals surface area contributed by atoms with Crippen molar-refractivity contribution in [2.75, 3.05) is 0 Å². The number of ether oxygens (including phenoxy) is 1. The zero-order valence-electron chi connectivity index (χ0n) is 18.9. The molecule has 1 amide bonds. The lowest BCUT2D eigenvalue weighted by Crippen LogP contribution is -2.23. The van der Waals surface area contributed by atoms with E-state index in [0.717, 1.165) is 45.4 Å². The third-order valence-corrected chi connectivity index (χ3v) is 5.77. The van der Waals surface area contributed by atoms with Gasteiger partial charge in [0, 0.05) is 60.8 Å². The molecule has 0 aliphatic rings. The lowest BCUT2D eigenvalue weighted by atomic mass is 10.0. The SMILES string of the molecule is CCCC(=O)NCc1cncc(Cl)c1COc1cccc2c(-c3ccnn3C)cc(C)nc12. The first kappa shape index (κ1) is 22.7. The van der Waals surface area contributed by atoms with Gasteiger partial charge in [0.25, 0.3) is 0 Å². The Kier molecular flexibility index (Phi) is 6.89. The fourth-order valence-corrected chi connectivity index (χ4v) is 4.02. The highest BCUT2D eigenvalue weighted by atomic mass is 35.5. The van der Waals surface area contributed by atoms with Crippen molar-refractivity contribution in [3.63, 3.8) is 0 Å². The van der Waals surface area contributed by atoms with E-state index in [1.165, 1.54) is 0 Å². The molecule has 3 aromatic heterocycles. The molecule has 3 heterocycles. The molecule has 0 fully saturated rings. The standard InChI is InChI=1S/C25H26ClN5O2/c1-4-6-24(32)28-13-17-12-27-14-21(26)20(17)15-33-23-8-5-7-18-19(11-16(2)30-25(18)23)22-9-10-29-31(22)3/h5,7-12,14H,4,6,13,15H2,1-3H3,(H,28,32). The maximum absolute atomic E-state index is 11.9. The predicted molar refractivity (Wildman–Crippen MR) is 129 cm³/mol. The third-order valence-electron chi connectivity index (χ3n) is 5.45. The Labute approximate surface area is 197 Å². The van der Waals surface area contributed by atoms with Gasteiger partial charge >= 0.3 is 0 Å². The lowest BCUT2D eigenvalue weighted by Gasteiger charge is -2.15. The molecule has 0 radical (unpaired) electrons. The Balaban J connectivity index is 1.64. The van der Waals surface area contributed by atoms with Gasteiger partial charge in [-0.2, -0.15) is 5.10 Å². The van der Waals surface area contributed by atoms with Crippen LogP contribution < -0.4 is 10.1 Å². The van der Waals surface area contributed by atoms with Gasteiger partial charge in [-0.05, 0) is 37.1 Å². The van der Waals surface area contributed by atoms with Gasteiger partial charge < -0.3 is 10.1 Å². The molecule has 170 valence electrons. The molecule has 7 nitrogen and oxygen atoms in total. The summed E-state index contributed by atoms with van der Waals surface area (Å²) in [6.45, 7) is 4.52. The summed E-state index contributed by atoms with van der Waals surface area (Å²) in [5, 5.41) is 8.70. The van der Waals surface area contributed by atoms with Gasteiger partial charge in [0.05, 0.1) is 10.7 Å². The van der Waals surface area contributed by atoms with Crippen LogP contribution in [0.2, 0.25) is 5.02 Å². The first-order valence-corrected chi connectivity index (χ1v) is 11.2. The van der Waals surface area contributed by atoms with Gasteiger partial charge in [-0.15, -0.1) is 0 Å². The van der Waals surface area contributed by atoms with Crippen LogP contribution in [0.1, 0.15) is 36.6 Å². The van der Waals surface area contributed by atoms with Crippen LogP contribution in [0.15, 0.2) is 48.9 Å². The molecule has 0 aliphatic heterocycles. The predicted octanol–water partition coefficient (Wildman–Crippen LogP) is 4.99. The van der Waals surface area contributed by atoms with Gasteiger partial charge in [0.15, 0.2) is 0 Å². The zero-order chi connectivity index (χ0) is 23.4. The van der Waals surface area contributed by atoms with Crippen LogP contribution in [0.5, 0.6) is 5.75 Å². The number of hydrogen-bond acceptors (Lipinski definition) is 5. The smallest absolute Gasteiger partial charge is 0.220 e. The van der Waals surface area contributed by atoms with E-state index >= 15 is 0 Å². The summed E-state index contributed by atoms with van der Waals surface area (Å²) in [6.07, 6.45) is 6.36. The molecule has 0 aliphatic carbocycles. The summed E-state index contributed by atoms with van der Waals surface area (Å²) < 4.78 is 8.07. The molecule has 33 heavy (non-hydrogen) atoms. The highest BCUT2D eigenvalue weighted by Gasteiger charge is 2.15. The van der Waals surface area contributed by atoms with Crippen LogP contribution in [-0.2, 0) is 25.0 Å². The number of nitrogens with one attached hydrogen (secondary N) is 1. The van der Waals surface area contributed by atoms with E-state index in [0.29, 0.717) is 23.7 Å². The quantitative estimate of drug-likeness (QED) is 0.398. The number of carbonyl (C=O) groups is 1.